The van der Waals surface area contributed by atoms with E-state index in [1.165, 1.54) is 22.7 Å². The van der Waals surface area contributed by atoms with E-state index < -0.39 is 15.9 Å². The minimum absolute atomic E-state index is 0.104. The topological polar surface area (TPSA) is 97.3 Å². The Bertz CT molecular complexity index is 1300. The third-order valence-corrected chi connectivity index (χ3v) is 7.50. The second-order valence-electron chi connectivity index (χ2n) is 8.02. The van der Waals surface area contributed by atoms with E-state index in [-0.39, 0.29) is 10.5 Å². The molecule has 1 aliphatic heterocycles. The van der Waals surface area contributed by atoms with Crippen LogP contribution in [-0.2, 0) is 16.6 Å². The van der Waals surface area contributed by atoms with Crippen LogP contribution in [-0.4, -0.2) is 45.0 Å². The van der Waals surface area contributed by atoms with Crippen molar-refractivity contribution in [1.82, 2.24) is 9.73 Å². The first-order chi connectivity index (χ1) is 17.0. The van der Waals surface area contributed by atoms with E-state index in [9.17, 15) is 13.2 Å². The van der Waals surface area contributed by atoms with Crippen molar-refractivity contribution in [3.8, 4) is 11.5 Å². The minimum atomic E-state index is -3.60. The molecule has 0 bridgehead atoms. The number of carbonyl (C=O) groups is 1. The van der Waals surface area contributed by atoms with Crippen molar-refractivity contribution in [1.29, 1.82) is 0 Å². The number of ether oxygens (including phenoxy) is 2. The van der Waals surface area contributed by atoms with E-state index in [1.807, 2.05) is 30.3 Å². The van der Waals surface area contributed by atoms with Crippen molar-refractivity contribution in [3.05, 3.63) is 89.5 Å². The van der Waals surface area contributed by atoms with E-state index in [2.05, 4.69) is 10.5 Å². The van der Waals surface area contributed by atoms with Crippen LogP contribution in [0.15, 0.2) is 82.8 Å². The van der Waals surface area contributed by atoms with E-state index in [4.69, 9.17) is 9.47 Å². The van der Waals surface area contributed by atoms with Gasteiger partial charge in [-0.25, -0.2) is 13.8 Å². The zero-order valence-electron chi connectivity index (χ0n) is 19.4. The number of hydrogen-bond donors (Lipinski definition) is 1. The molecule has 1 N–H and O–H groups in total. The van der Waals surface area contributed by atoms with Crippen LogP contribution < -0.4 is 14.9 Å². The van der Waals surface area contributed by atoms with E-state index in [0.29, 0.717) is 36.8 Å². The van der Waals surface area contributed by atoms with Gasteiger partial charge in [0.05, 0.1) is 18.2 Å². The lowest BCUT2D eigenvalue weighted by molar-refractivity contribution is 0.0955. The maximum Gasteiger partial charge on any atom is 0.271 e. The highest BCUT2D eigenvalue weighted by atomic mass is 32.2. The second kappa shape index (κ2) is 11.2. The first-order valence-electron chi connectivity index (χ1n) is 11.3. The number of methoxy groups -OCH3 is 1. The normalized spacial score (nSPS) is 14.2. The minimum Gasteiger partial charge on any atom is -0.493 e. The van der Waals surface area contributed by atoms with Gasteiger partial charge in [0.1, 0.15) is 6.61 Å². The molecule has 4 rings (SSSR count). The summed E-state index contributed by atoms with van der Waals surface area (Å²) in [5, 5.41) is 4.01. The van der Waals surface area contributed by atoms with Gasteiger partial charge in [-0.2, -0.15) is 9.41 Å². The molecule has 182 valence electrons. The van der Waals surface area contributed by atoms with Crippen molar-refractivity contribution in [2.24, 2.45) is 5.10 Å². The van der Waals surface area contributed by atoms with Gasteiger partial charge in [0.25, 0.3) is 5.91 Å². The summed E-state index contributed by atoms with van der Waals surface area (Å²) in [7, 11) is -2.05. The van der Waals surface area contributed by atoms with Gasteiger partial charge in [0.15, 0.2) is 11.5 Å². The average molecular weight is 494 g/mol. The molecule has 1 heterocycles. The predicted molar refractivity (Wildman–Crippen MR) is 133 cm³/mol. The maximum atomic E-state index is 12.8. The Balaban J connectivity index is 1.39. The van der Waals surface area contributed by atoms with Gasteiger partial charge in [-0.05, 0) is 60.4 Å². The summed E-state index contributed by atoms with van der Waals surface area (Å²) in [6.07, 6.45) is 3.17. The summed E-state index contributed by atoms with van der Waals surface area (Å²) in [5.41, 5.74) is 4.39. The Morgan fingerprint density at radius 3 is 2.51 bits per heavy atom. The van der Waals surface area contributed by atoms with Crippen LogP contribution in [0.25, 0.3) is 0 Å². The first-order valence-corrected chi connectivity index (χ1v) is 12.7. The van der Waals surface area contributed by atoms with Crippen molar-refractivity contribution >= 4 is 22.1 Å². The standard InChI is InChI=1S/C26H27N3O5S/c1-33-25-16-21(12-13-24(25)34-19-20-8-3-2-4-9-20)18-27-28-26(30)22-10-7-11-23(17-22)35(31,32)29-14-5-6-15-29/h2-4,7-13,16-18H,5-6,14-15,19H2,1H3,(H,28,30)/b27-18+. The summed E-state index contributed by atoms with van der Waals surface area (Å²) in [6.45, 7) is 1.42. The number of nitrogens with zero attached hydrogens (tertiary/aromatic N) is 2. The third kappa shape index (κ3) is 6.06. The van der Waals surface area contributed by atoms with Crippen molar-refractivity contribution < 1.29 is 22.7 Å². The van der Waals surface area contributed by atoms with E-state index in [0.717, 1.165) is 18.4 Å². The molecular weight excluding hydrogens is 466 g/mol. The monoisotopic (exact) mass is 493 g/mol. The molecule has 8 nitrogen and oxygen atoms in total. The molecule has 35 heavy (non-hydrogen) atoms. The number of rotatable bonds is 9. The van der Waals surface area contributed by atoms with Crippen LogP contribution in [0.5, 0.6) is 11.5 Å². The molecule has 1 saturated heterocycles. The number of amides is 1. The molecule has 9 heteroatoms. The maximum absolute atomic E-state index is 12.8. The molecule has 0 spiro atoms. The Morgan fingerprint density at radius 1 is 1.00 bits per heavy atom. The average Bonchev–Trinajstić information content (AvgIpc) is 3.44. The Hall–Kier alpha value is -3.69. The molecule has 0 aliphatic carbocycles. The molecule has 1 fully saturated rings. The lowest BCUT2D eigenvalue weighted by Gasteiger charge is -2.15. The van der Waals surface area contributed by atoms with Gasteiger partial charge in [0, 0.05) is 18.7 Å². The third-order valence-electron chi connectivity index (χ3n) is 5.60. The number of hydrazone groups is 1. The highest BCUT2D eigenvalue weighted by Crippen LogP contribution is 2.28. The Kier molecular flexibility index (Phi) is 7.79. The lowest BCUT2D eigenvalue weighted by atomic mass is 10.2. The summed E-state index contributed by atoms with van der Waals surface area (Å²) < 4.78 is 38.3. The van der Waals surface area contributed by atoms with Gasteiger partial charge in [0.2, 0.25) is 10.0 Å². The summed E-state index contributed by atoms with van der Waals surface area (Å²) in [6, 6.07) is 21.1. The highest BCUT2D eigenvalue weighted by Gasteiger charge is 2.27. The van der Waals surface area contributed by atoms with Gasteiger partial charge in [-0.1, -0.05) is 36.4 Å². The molecule has 3 aromatic rings. The van der Waals surface area contributed by atoms with Gasteiger partial charge >= 0.3 is 0 Å². The zero-order chi connectivity index (χ0) is 24.7. The fraction of sp³-hybridized carbons (Fsp3) is 0.231. The SMILES string of the molecule is COc1cc(/C=N/NC(=O)c2cccc(S(=O)(=O)N3CCCC3)c2)ccc1OCc1ccccc1. The van der Waals surface area contributed by atoms with Crippen LogP contribution in [0.2, 0.25) is 0 Å². The number of carbonyl (C=O) groups excluding carboxylic acids is 1. The smallest absolute Gasteiger partial charge is 0.271 e. The van der Waals surface area contributed by atoms with Crippen LogP contribution in [0.1, 0.15) is 34.3 Å². The Morgan fingerprint density at radius 2 is 1.77 bits per heavy atom. The van der Waals surface area contributed by atoms with E-state index in [1.54, 1.807) is 37.4 Å². The Labute approximate surface area is 205 Å². The van der Waals surface area contributed by atoms with E-state index >= 15 is 0 Å². The quantitative estimate of drug-likeness (QED) is 0.361. The van der Waals surface area contributed by atoms with Crippen LogP contribution in [0, 0.1) is 0 Å². The molecule has 0 radical (unpaired) electrons. The van der Waals surface area contributed by atoms with Crippen molar-refractivity contribution in [2.75, 3.05) is 20.2 Å². The lowest BCUT2D eigenvalue weighted by Crippen LogP contribution is -2.28. The number of hydrogen-bond acceptors (Lipinski definition) is 6. The molecule has 0 unspecified atom stereocenters. The number of nitrogens with one attached hydrogen (secondary N) is 1. The zero-order valence-corrected chi connectivity index (χ0v) is 20.2. The number of benzene rings is 3. The molecular formula is C26H27N3O5S. The largest absolute Gasteiger partial charge is 0.493 e. The molecule has 1 aliphatic rings. The molecule has 0 aromatic heterocycles. The predicted octanol–water partition coefficient (Wildman–Crippen LogP) is 3.82. The summed E-state index contributed by atoms with van der Waals surface area (Å²) >= 11 is 0. The first kappa shape index (κ1) is 24.4. The molecule has 0 saturated carbocycles. The summed E-state index contributed by atoms with van der Waals surface area (Å²) in [5.74, 6) is 0.624. The fourth-order valence-corrected chi connectivity index (χ4v) is 5.29. The van der Waals surface area contributed by atoms with Gasteiger partial charge in [-0.15, -0.1) is 0 Å². The van der Waals surface area contributed by atoms with Gasteiger partial charge in [-0.3, -0.25) is 4.79 Å². The van der Waals surface area contributed by atoms with Gasteiger partial charge < -0.3 is 9.47 Å². The molecule has 0 atom stereocenters. The van der Waals surface area contributed by atoms with Crippen LogP contribution in [0.3, 0.4) is 0 Å². The van der Waals surface area contributed by atoms with Crippen molar-refractivity contribution in [2.45, 2.75) is 24.3 Å². The van der Waals surface area contributed by atoms with Crippen LogP contribution in [0.4, 0.5) is 0 Å². The number of sulfonamides is 1. The summed E-state index contributed by atoms with van der Waals surface area (Å²) in [4.78, 5) is 12.7. The second-order valence-corrected chi connectivity index (χ2v) is 9.96. The highest BCUT2D eigenvalue weighted by molar-refractivity contribution is 7.89. The van der Waals surface area contributed by atoms with Crippen molar-refractivity contribution in [3.63, 3.8) is 0 Å². The molecule has 1 amide bonds. The molecule has 3 aromatic carbocycles. The van der Waals surface area contributed by atoms with Crippen LogP contribution >= 0.6 is 0 Å². The fourth-order valence-electron chi connectivity index (χ4n) is 3.72.